The molecular formula is C15H25N5. The first-order valence-electron chi connectivity index (χ1n) is 7.84. The highest BCUT2D eigenvalue weighted by Gasteiger charge is 2.31. The van der Waals surface area contributed by atoms with Gasteiger partial charge in [0.15, 0.2) is 0 Å². The van der Waals surface area contributed by atoms with Crippen LogP contribution in [0.1, 0.15) is 31.7 Å². The van der Waals surface area contributed by atoms with Gasteiger partial charge in [-0.3, -0.25) is 4.90 Å². The average molecular weight is 275 g/mol. The van der Waals surface area contributed by atoms with Crippen molar-refractivity contribution in [1.82, 2.24) is 14.9 Å². The summed E-state index contributed by atoms with van der Waals surface area (Å²) in [6, 6.07) is 0.880. The Morgan fingerprint density at radius 3 is 2.65 bits per heavy atom. The normalized spacial score (nSPS) is 20.2. The van der Waals surface area contributed by atoms with Crippen LogP contribution in [0.25, 0.3) is 0 Å². The summed E-state index contributed by atoms with van der Waals surface area (Å²) >= 11 is 0. The summed E-state index contributed by atoms with van der Waals surface area (Å²) < 4.78 is 0. The molecule has 2 aliphatic rings. The molecule has 1 aromatic heterocycles. The third kappa shape index (κ3) is 3.03. The lowest BCUT2D eigenvalue weighted by Gasteiger charge is -2.36. The SMILES string of the molecule is CCCNc1ncc(C)c(N2CCN(C3CC3)CC2)n1. The minimum atomic E-state index is 0.761. The van der Waals surface area contributed by atoms with Gasteiger partial charge in [-0.2, -0.15) is 4.98 Å². The summed E-state index contributed by atoms with van der Waals surface area (Å²) in [6.45, 7) is 9.70. The quantitative estimate of drug-likeness (QED) is 0.889. The van der Waals surface area contributed by atoms with Gasteiger partial charge < -0.3 is 10.2 Å². The van der Waals surface area contributed by atoms with E-state index in [9.17, 15) is 0 Å². The standard InChI is InChI=1S/C15H25N5/c1-3-6-16-15-17-11-12(2)14(18-15)20-9-7-19(8-10-20)13-4-5-13/h11,13H,3-10H2,1-2H3,(H,16,17,18). The molecule has 5 heteroatoms. The Hall–Kier alpha value is -1.36. The zero-order valence-corrected chi connectivity index (χ0v) is 12.6. The minimum Gasteiger partial charge on any atom is -0.354 e. The first-order chi connectivity index (χ1) is 9.78. The van der Waals surface area contributed by atoms with E-state index in [0.717, 1.165) is 43.9 Å². The van der Waals surface area contributed by atoms with Crippen LogP contribution in [0.5, 0.6) is 0 Å². The van der Waals surface area contributed by atoms with Crippen molar-refractivity contribution in [2.24, 2.45) is 0 Å². The predicted molar refractivity (Wildman–Crippen MR) is 82.4 cm³/mol. The van der Waals surface area contributed by atoms with Crippen LogP contribution in [0, 0.1) is 6.92 Å². The molecule has 0 radical (unpaired) electrons. The van der Waals surface area contributed by atoms with Crippen molar-refractivity contribution in [2.45, 2.75) is 39.2 Å². The lowest BCUT2D eigenvalue weighted by atomic mass is 10.2. The van der Waals surface area contributed by atoms with Gasteiger partial charge in [-0.05, 0) is 26.2 Å². The molecule has 5 nitrogen and oxygen atoms in total. The topological polar surface area (TPSA) is 44.3 Å². The second-order valence-electron chi connectivity index (χ2n) is 5.88. The second-order valence-corrected chi connectivity index (χ2v) is 5.88. The fourth-order valence-corrected chi connectivity index (χ4v) is 2.81. The smallest absolute Gasteiger partial charge is 0.224 e. The average Bonchev–Trinajstić information content (AvgIpc) is 3.31. The van der Waals surface area contributed by atoms with Crippen molar-refractivity contribution in [2.75, 3.05) is 42.9 Å². The molecule has 1 aliphatic carbocycles. The molecule has 1 saturated carbocycles. The summed E-state index contributed by atoms with van der Waals surface area (Å²) in [5.74, 6) is 1.87. The maximum Gasteiger partial charge on any atom is 0.224 e. The van der Waals surface area contributed by atoms with Crippen LogP contribution in [0.15, 0.2) is 6.20 Å². The van der Waals surface area contributed by atoms with E-state index < -0.39 is 0 Å². The van der Waals surface area contributed by atoms with Crippen LogP contribution < -0.4 is 10.2 Å². The van der Waals surface area contributed by atoms with Gasteiger partial charge in [0, 0.05) is 50.5 Å². The van der Waals surface area contributed by atoms with Gasteiger partial charge in [-0.1, -0.05) is 6.92 Å². The number of rotatable bonds is 5. The van der Waals surface area contributed by atoms with Crippen LogP contribution in [-0.2, 0) is 0 Å². The maximum absolute atomic E-state index is 4.70. The number of hydrogen-bond acceptors (Lipinski definition) is 5. The summed E-state index contributed by atoms with van der Waals surface area (Å²) in [6.07, 6.45) is 5.83. The largest absolute Gasteiger partial charge is 0.354 e. The third-order valence-corrected chi connectivity index (χ3v) is 4.16. The molecule has 2 heterocycles. The molecule has 20 heavy (non-hydrogen) atoms. The van der Waals surface area contributed by atoms with Crippen LogP contribution >= 0.6 is 0 Å². The summed E-state index contributed by atoms with van der Waals surface area (Å²) in [5.41, 5.74) is 1.17. The molecule has 1 aliphatic heterocycles. The maximum atomic E-state index is 4.70. The first-order valence-corrected chi connectivity index (χ1v) is 7.84. The van der Waals surface area contributed by atoms with Crippen molar-refractivity contribution in [1.29, 1.82) is 0 Å². The van der Waals surface area contributed by atoms with Crippen molar-refractivity contribution in [3.8, 4) is 0 Å². The molecule has 1 saturated heterocycles. The molecule has 0 atom stereocenters. The Morgan fingerprint density at radius 2 is 2.00 bits per heavy atom. The van der Waals surface area contributed by atoms with Crippen molar-refractivity contribution >= 4 is 11.8 Å². The van der Waals surface area contributed by atoms with Crippen molar-refractivity contribution in [3.63, 3.8) is 0 Å². The fraction of sp³-hybridized carbons (Fsp3) is 0.733. The minimum absolute atomic E-state index is 0.761. The predicted octanol–water partition coefficient (Wildman–Crippen LogP) is 1.89. The molecule has 0 amide bonds. The fourth-order valence-electron chi connectivity index (χ4n) is 2.81. The molecule has 0 bridgehead atoms. The van der Waals surface area contributed by atoms with Crippen LogP contribution in [0.2, 0.25) is 0 Å². The number of aromatic nitrogens is 2. The number of nitrogens with one attached hydrogen (secondary N) is 1. The van der Waals surface area contributed by atoms with Crippen LogP contribution in [0.3, 0.4) is 0 Å². The van der Waals surface area contributed by atoms with Crippen molar-refractivity contribution in [3.05, 3.63) is 11.8 Å². The Balaban J connectivity index is 1.66. The highest BCUT2D eigenvalue weighted by atomic mass is 15.3. The highest BCUT2D eigenvalue weighted by Crippen LogP contribution is 2.28. The molecule has 1 aromatic rings. The second kappa shape index (κ2) is 5.95. The first kappa shape index (κ1) is 13.6. The van der Waals surface area contributed by atoms with Crippen LogP contribution in [0.4, 0.5) is 11.8 Å². The van der Waals surface area contributed by atoms with E-state index in [4.69, 9.17) is 4.98 Å². The number of aryl methyl sites for hydroxylation is 1. The molecule has 3 rings (SSSR count). The number of hydrogen-bond donors (Lipinski definition) is 1. The highest BCUT2D eigenvalue weighted by molar-refractivity contribution is 5.49. The zero-order chi connectivity index (χ0) is 13.9. The van der Waals surface area contributed by atoms with E-state index >= 15 is 0 Å². The van der Waals surface area contributed by atoms with E-state index in [1.165, 1.54) is 31.5 Å². The van der Waals surface area contributed by atoms with Crippen molar-refractivity contribution < 1.29 is 0 Å². The molecule has 0 spiro atoms. The van der Waals surface area contributed by atoms with E-state index in [0.29, 0.717) is 0 Å². The zero-order valence-electron chi connectivity index (χ0n) is 12.6. The number of piperazine rings is 1. The Bertz CT molecular complexity index is 450. The van der Waals surface area contributed by atoms with Gasteiger partial charge in [0.2, 0.25) is 5.95 Å². The molecule has 110 valence electrons. The summed E-state index contributed by atoms with van der Waals surface area (Å²) in [5, 5.41) is 3.28. The van der Waals surface area contributed by atoms with E-state index in [1.807, 2.05) is 6.20 Å². The van der Waals surface area contributed by atoms with Gasteiger partial charge in [0.25, 0.3) is 0 Å². The van der Waals surface area contributed by atoms with Gasteiger partial charge in [-0.25, -0.2) is 4.98 Å². The molecular weight excluding hydrogens is 250 g/mol. The van der Waals surface area contributed by atoms with E-state index in [2.05, 4.69) is 33.9 Å². The van der Waals surface area contributed by atoms with Gasteiger partial charge >= 0.3 is 0 Å². The summed E-state index contributed by atoms with van der Waals surface area (Å²) in [7, 11) is 0. The Labute approximate surface area is 121 Å². The number of nitrogens with zero attached hydrogens (tertiary/aromatic N) is 4. The molecule has 0 aromatic carbocycles. The molecule has 0 unspecified atom stereocenters. The lowest BCUT2D eigenvalue weighted by molar-refractivity contribution is 0.247. The van der Waals surface area contributed by atoms with Gasteiger partial charge in [-0.15, -0.1) is 0 Å². The molecule has 1 N–H and O–H groups in total. The Morgan fingerprint density at radius 1 is 1.25 bits per heavy atom. The third-order valence-electron chi connectivity index (χ3n) is 4.16. The van der Waals surface area contributed by atoms with E-state index in [1.54, 1.807) is 0 Å². The van der Waals surface area contributed by atoms with Crippen LogP contribution in [-0.4, -0.2) is 53.6 Å². The van der Waals surface area contributed by atoms with E-state index in [-0.39, 0.29) is 0 Å². The van der Waals surface area contributed by atoms with Gasteiger partial charge in [0.05, 0.1) is 0 Å². The summed E-state index contributed by atoms with van der Waals surface area (Å²) in [4.78, 5) is 14.1. The number of anilines is 2. The monoisotopic (exact) mass is 275 g/mol. The molecule has 2 fully saturated rings. The Kier molecular flexibility index (Phi) is 4.05. The van der Waals surface area contributed by atoms with Gasteiger partial charge in [0.1, 0.15) is 5.82 Å². The lowest BCUT2D eigenvalue weighted by Crippen LogP contribution is -2.47.